The van der Waals surface area contributed by atoms with Gasteiger partial charge in [-0.05, 0) is 67.1 Å². The van der Waals surface area contributed by atoms with E-state index in [-0.39, 0.29) is 0 Å². The number of hydrogen-bond donors (Lipinski definition) is 0. The Bertz CT molecular complexity index is 476. The van der Waals surface area contributed by atoms with Crippen molar-refractivity contribution in [3.63, 3.8) is 0 Å². The van der Waals surface area contributed by atoms with Gasteiger partial charge in [-0.25, -0.2) is 0 Å². The van der Waals surface area contributed by atoms with Crippen molar-refractivity contribution in [2.75, 3.05) is 0 Å². The zero-order chi connectivity index (χ0) is 14.0. The number of ketones is 1. The number of Topliss-reactive ketones (excluding diaryl/α,β-unsaturated/α-hetero) is 1. The van der Waals surface area contributed by atoms with E-state index in [1.807, 2.05) is 0 Å². The van der Waals surface area contributed by atoms with Crippen molar-refractivity contribution in [3.05, 3.63) is 11.6 Å². The van der Waals surface area contributed by atoms with E-state index in [4.69, 9.17) is 0 Å². The van der Waals surface area contributed by atoms with Crippen LogP contribution < -0.4 is 0 Å². The normalized spacial score (nSPS) is 51.0. The highest BCUT2D eigenvalue weighted by atomic mass is 16.1. The average Bonchev–Trinajstić information content (AvgIpc) is 2.72. The number of allylic oxidation sites excluding steroid dienone is 2. The first kappa shape index (κ1) is 13.1. The van der Waals surface area contributed by atoms with E-state index in [0.717, 1.165) is 24.7 Å². The maximum absolute atomic E-state index is 12.0. The smallest absolute Gasteiger partial charge is 0.133 e. The van der Waals surface area contributed by atoms with E-state index in [0.29, 0.717) is 22.5 Å². The highest BCUT2D eigenvalue weighted by Gasteiger charge is 2.56. The van der Waals surface area contributed by atoms with Crippen molar-refractivity contribution in [2.24, 2.45) is 28.6 Å². The lowest BCUT2D eigenvalue weighted by Crippen LogP contribution is -2.48. The van der Waals surface area contributed by atoms with Gasteiger partial charge in [0, 0.05) is 12.8 Å². The summed E-state index contributed by atoms with van der Waals surface area (Å²) in [5.41, 5.74) is 2.60. The topological polar surface area (TPSA) is 17.1 Å². The number of carbonyl (C=O) groups excluding carboxylic acids is 1. The van der Waals surface area contributed by atoms with Crippen molar-refractivity contribution in [1.29, 1.82) is 0 Å². The fourth-order valence-electron chi connectivity index (χ4n) is 6.48. The van der Waals surface area contributed by atoms with Gasteiger partial charge < -0.3 is 0 Å². The minimum atomic E-state index is 0.342. The molecular formula is C19H28O. The minimum absolute atomic E-state index is 0.342. The Morgan fingerprint density at radius 3 is 2.85 bits per heavy atom. The van der Waals surface area contributed by atoms with Crippen LogP contribution in [-0.2, 0) is 4.79 Å². The van der Waals surface area contributed by atoms with E-state index in [1.165, 1.54) is 44.9 Å². The van der Waals surface area contributed by atoms with Crippen LogP contribution in [0.4, 0.5) is 0 Å². The molecule has 0 aliphatic heterocycles. The lowest BCUT2D eigenvalue weighted by Gasteiger charge is -2.56. The van der Waals surface area contributed by atoms with Crippen LogP contribution in [0.1, 0.15) is 71.6 Å². The lowest BCUT2D eigenvalue weighted by atomic mass is 9.48. The Morgan fingerprint density at radius 2 is 2.00 bits per heavy atom. The molecule has 0 aromatic heterocycles. The summed E-state index contributed by atoms with van der Waals surface area (Å²) in [4.78, 5) is 12.0. The second kappa shape index (κ2) is 4.21. The van der Waals surface area contributed by atoms with Crippen LogP contribution in [0.15, 0.2) is 11.6 Å². The molecule has 110 valence electrons. The molecule has 0 aromatic carbocycles. The molecule has 3 fully saturated rings. The fraction of sp³-hybridized carbons (Fsp3) is 0.842. The Balaban J connectivity index is 1.71. The largest absolute Gasteiger partial charge is 0.300 e. The number of hydrogen-bond acceptors (Lipinski definition) is 1. The van der Waals surface area contributed by atoms with Gasteiger partial charge in [-0.2, -0.15) is 0 Å². The second-order valence-corrected chi connectivity index (χ2v) is 8.58. The molecule has 0 unspecified atom stereocenters. The van der Waals surface area contributed by atoms with Gasteiger partial charge in [0.15, 0.2) is 0 Å². The third-order valence-electron chi connectivity index (χ3n) is 7.58. The van der Waals surface area contributed by atoms with Crippen molar-refractivity contribution in [2.45, 2.75) is 71.6 Å². The molecule has 0 radical (unpaired) electrons. The van der Waals surface area contributed by atoms with E-state index in [9.17, 15) is 4.79 Å². The van der Waals surface area contributed by atoms with Crippen molar-refractivity contribution < 1.29 is 4.79 Å². The first-order chi connectivity index (χ1) is 9.53. The van der Waals surface area contributed by atoms with Crippen molar-refractivity contribution >= 4 is 5.78 Å². The monoisotopic (exact) mass is 272 g/mol. The van der Waals surface area contributed by atoms with Crippen LogP contribution in [0, 0.1) is 28.6 Å². The van der Waals surface area contributed by atoms with Gasteiger partial charge in [-0.1, -0.05) is 31.9 Å². The molecule has 0 N–H and O–H groups in total. The van der Waals surface area contributed by atoms with Crippen LogP contribution in [0.3, 0.4) is 0 Å². The summed E-state index contributed by atoms with van der Waals surface area (Å²) in [5, 5.41) is 0. The predicted octanol–water partition coefficient (Wildman–Crippen LogP) is 4.91. The van der Waals surface area contributed by atoms with Crippen molar-refractivity contribution in [1.82, 2.24) is 0 Å². The van der Waals surface area contributed by atoms with E-state index in [1.54, 1.807) is 5.57 Å². The molecule has 0 aromatic rings. The summed E-state index contributed by atoms with van der Waals surface area (Å²) < 4.78 is 0. The van der Waals surface area contributed by atoms with Gasteiger partial charge in [-0.15, -0.1) is 0 Å². The molecule has 0 spiro atoms. The molecule has 4 rings (SSSR count). The van der Waals surface area contributed by atoms with Crippen LogP contribution in [-0.4, -0.2) is 5.78 Å². The van der Waals surface area contributed by atoms with Gasteiger partial charge >= 0.3 is 0 Å². The lowest BCUT2D eigenvalue weighted by molar-refractivity contribution is -0.118. The summed E-state index contributed by atoms with van der Waals surface area (Å²) in [5.74, 6) is 2.89. The highest BCUT2D eigenvalue weighted by molar-refractivity contribution is 5.82. The molecule has 4 aliphatic rings. The molecule has 4 aliphatic carbocycles. The van der Waals surface area contributed by atoms with Gasteiger partial charge in [0.25, 0.3) is 0 Å². The zero-order valence-electron chi connectivity index (χ0n) is 13.1. The van der Waals surface area contributed by atoms with Crippen molar-refractivity contribution in [3.8, 4) is 0 Å². The fourth-order valence-corrected chi connectivity index (χ4v) is 6.48. The summed E-state index contributed by atoms with van der Waals surface area (Å²) in [7, 11) is 0. The molecule has 0 heterocycles. The maximum atomic E-state index is 12.0. The number of rotatable bonds is 0. The summed E-state index contributed by atoms with van der Waals surface area (Å²) in [6.07, 6.45) is 13.9. The molecule has 1 heteroatoms. The Labute approximate surface area is 123 Å². The first-order valence-corrected chi connectivity index (χ1v) is 8.74. The third-order valence-corrected chi connectivity index (χ3v) is 7.58. The average molecular weight is 272 g/mol. The van der Waals surface area contributed by atoms with E-state index < -0.39 is 0 Å². The van der Waals surface area contributed by atoms with Gasteiger partial charge in [0.05, 0.1) is 0 Å². The summed E-state index contributed by atoms with van der Waals surface area (Å²) >= 11 is 0. The quantitative estimate of drug-likeness (QED) is 0.573. The SMILES string of the molecule is C[C@]12CC[C@@H]3[C@@H](CC=C4CCCC[C@@]43C)[C@@H]1CC(=O)C2. The molecule has 1 nitrogen and oxygen atoms in total. The van der Waals surface area contributed by atoms with Crippen LogP contribution in [0.25, 0.3) is 0 Å². The van der Waals surface area contributed by atoms with Gasteiger partial charge in [0.2, 0.25) is 0 Å². The molecule has 3 saturated carbocycles. The highest BCUT2D eigenvalue weighted by Crippen LogP contribution is 2.64. The molecule has 0 bridgehead atoms. The molecule has 20 heavy (non-hydrogen) atoms. The van der Waals surface area contributed by atoms with E-state index >= 15 is 0 Å². The maximum Gasteiger partial charge on any atom is 0.133 e. The zero-order valence-corrected chi connectivity index (χ0v) is 13.1. The minimum Gasteiger partial charge on any atom is -0.300 e. The first-order valence-electron chi connectivity index (χ1n) is 8.74. The molecule has 5 atom stereocenters. The number of carbonyl (C=O) groups is 1. The van der Waals surface area contributed by atoms with Crippen LogP contribution in [0.2, 0.25) is 0 Å². The molecule has 0 amide bonds. The Morgan fingerprint density at radius 1 is 1.15 bits per heavy atom. The molecule has 0 saturated heterocycles. The molecular weight excluding hydrogens is 244 g/mol. The standard InChI is InChI=1S/C19H28O/c1-18-10-8-16-15(17(18)11-14(20)12-18)7-6-13-5-3-4-9-19(13,16)2/h6,15-17H,3-5,7-12H2,1-2H3/t15-,16-,17+,18-,19+/m1/s1. The summed E-state index contributed by atoms with van der Waals surface area (Å²) in [6, 6.07) is 0. The van der Waals surface area contributed by atoms with Gasteiger partial charge in [0.1, 0.15) is 5.78 Å². The number of fused-ring (bicyclic) bond motifs is 5. The van der Waals surface area contributed by atoms with E-state index in [2.05, 4.69) is 19.9 Å². The Kier molecular flexibility index (Phi) is 2.76. The second-order valence-electron chi connectivity index (χ2n) is 8.58. The Hall–Kier alpha value is -0.590. The predicted molar refractivity (Wildman–Crippen MR) is 81.3 cm³/mol. The van der Waals surface area contributed by atoms with Crippen LogP contribution in [0.5, 0.6) is 0 Å². The van der Waals surface area contributed by atoms with Gasteiger partial charge in [-0.3, -0.25) is 4.79 Å². The third kappa shape index (κ3) is 1.64. The summed E-state index contributed by atoms with van der Waals surface area (Å²) in [6.45, 7) is 4.95. The van der Waals surface area contributed by atoms with Crippen LogP contribution >= 0.6 is 0 Å².